The van der Waals surface area contributed by atoms with Crippen LogP contribution in [0.4, 0.5) is 0 Å². The Hall–Kier alpha value is -0.920. The van der Waals surface area contributed by atoms with E-state index in [9.17, 15) is 8.42 Å². The van der Waals surface area contributed by atoms with Crippen LogP contribution in [0.25, 0.3) is 0 Å². The minimum absolute atomic E-state index is 0.210. The molecular formula is C13H24N4O2S. The van der Waals surface area contributed by atoms with Crippen LogP contribution in [0.2, 0.25) is 0 Å². The smallest absolute Gasteiger partial charge is 0.214 e. The summed E-state index contributed by atoms with van der Waals surface area (Å²) in [5.41, 5.74) is 0.911. The molecule has 0 aromatic carbocycles. The molecule has 1 saturated heterocycles. The molecule has 2 rings (SSSR count). The first-order valence-corrected chi connectivity index (χ1v) is 8.73. The van der Waals surface area contributed by atoms with E-state index in [-0.39, 0.29) is 5.75 Å². The molecule has 20 heavy (non-hydrogen) atoms. The van der Waals surface area contributed by atoms with E-state index < -0.39 is 10.0 Å². The highest BCUT2D eigenvalue weighted by atomic mass is 32.2. The van der Waals surface area contributed by atoms with Crippen LogP contribution >= 0.6 is 0 Å². The number of hydrogen-bond donors (Lipinski definition) is 1. The third-order valence-electron chi connectivity index (χ3n) is 3.78. The number of hydrogen-bond acceptors (Lipinski definition) is 4. The largest absolute Gasteiger partial charge is 0.314 e. The van der Waals surface area contributed by atoms with E-state index in [0.717, 1.165) is 18.5 Å². The summed E-state index contributed by atoms with van der Waals surface area (Å²) in [5.74, 6) is 0.210. The van der Waals surface area contributed by atoms with Crippen molar-refractivity contribution in [3.05, 3.63) is 18.0 Å². The lowest BCUT2D eigenvalue weighted by molar-refractivity contribution is 0.388. The summed E-state index contributed by atoms with van der Waals surface area (Å²) in [7, 11) is 0.269. The molecule has 7 heteroatoms. The number of nitrogens with one attached hydrogen (secondary N) is 1. The summed E-state index contributed by atoms with van der Waals surface area (Å²) in [6.07, 6.45) is 7.72. The van der Waals surface area contributed by atoms with Crippen molar-refractivity contribution in [1.82, 2.24) is 19.4 Å². The highest BCUT2D eigenvalue weighted by Crippen LogP contribution is 2.13. The van der Waals surface area contributed by atoms with Crippen LogP contribution in [-0.4, -0.2) is 47.9 Å². The maximum absolute atomic E-state index is 12.3. The zero-order valence-corrected chi connectivity index (χ0v) is 13.1. The highest BCUT2D eigenvalue weighted by molar-refractivity contribution is 7.89. The first-order valence-electron chi connectivity index (χ1n) is 7.12. The maximum atomic E-state index is 12.3. The fourth-order valence-electron chi connectivity index (χ4n) is 2.53. The van der Waals surface area contributed by atoms with Crippen LogP contribution in [0, 0.1) is 0 Å². The van der Waals surface area contributed by atoms with E-state index in [1.807, 2.05) is 13.2 Å². The summed E-state index contributed by atoms with van der Waals surface area (Å²) < 4.78 is 27.6. The molecule has 0 amide bonds. The van der Waals surface area contributed by atoms with Crippen molar-refractivity contribution in [2.75, 3.05) is 19.3 Å². The van der Waals surface area contributed by atoms with E-state index in [2.05, 4.69) is 10.4 Å². The van der Waals surface area contributed by atoms with Gasteiger partial charge < -0.3 is 5.32 Å². The van der Waals surface area contributed by atoms with Crippen molar-refractivity contribution in [1.29, 1.82) is 0 Å². The molecule has 0 bridgehead atoms. The zero-order chi connectivity index (χ0) is 14.6. The van der Waals surface area contributed by atoms with Gasteiger partial charge in [0.05, 0.1) is 11.9 Å². The Morgan fingerprint density at radius 2 is 2.30 bits per heavy atom. The SMILES string of the molecule is CN(Cc1cnn(C)c1)S(=O)(=O)CCC1CCCCN1. The number of piperidine rings is 1. The van der Waals surface area contributed by atoms with Crippen molar-refractivity contribution < 1.29 is 8.42 Å². The quantitative estimate of drug-likeness (QED) is 0.840. The second kappa shape index (κ2) is 6.69. The number of rotatable bonds is 6. The number of aryl methyl sites for hydroxylation is 1. The molecule has 0 radical (unpaired) electrons. The van der Waals surface area contributed by atoms with E-state index in [1.165, 1.54) is 17.1 Å². The Kier molecular flexibility index (Phi) is 5.17. The van der Waals surface area contributed by atoms with Crippen molar-refractivity contribution >= 4 is 10.0 Å². The first-order chi connectivity index (χ1) is 9.47. The van der Waals surface area contributed by atoms with Crippen molar-refractivity contribution in [3.63, 3.8) is 0 Å². The molecule has 0 aliphatic carbocycles. The number of nitrogens with zero attached hydrogens (tertiary/aromatic N) is 3. The lowest BCUT2D eigenvalue weighted by Crippen LogP contribution is -2.37. The van der Waals surface area contributed by atoms with Crippen LogP contribution < -0.4 is 5.32 Å². The minimum Gasteiger partial charge on any atom is -0.314 e. The van der Waals surface area contributed by atoms with Crippen LogP contribution in [0.3, 0.4) is 0 Å². The second-order valence-corrected chi connectivity index (χ2v) is 7.73. The fraction of sp³-hybridized carbons (Fsp3) is 0.769. The van der Waals surface area contributed by atoms with Gasteiger partial charge >= 0.3 is 0 Å². The highest BCUT2D eigenvalue weighted by Gasteiger charge is 2.21. The molecule has 1 aliphatic rings. The van der Waals surface area contributed by atoms with Crippen LogP contribution in [0.1, 0.15) is 31.2 Å². The van der Waals surface area contributed by atoms with Gasteiger partial charge in [0.15, 0.2) is 0 Å². The second-order valence-electron chi connectivity index (χ2n) is 5.53. The van der Waals surface area contributed by atoms with Gasteiger partial charge in [-0.25, -0.2) is 12.7 Å². The first kappa shape index (κ1) is 15.5. The molecule has 0 spiro atoms. The summed E-state index contributed by atoms with van der Waals surface area (Å²) >= 11 is 0. The van der Waals surface area contributed by atoms with Crippen LogP contribution in [-0.2, 0) is 23.6 Å². The van der Waals surface area contributed by atoms with Crippen molar-refractivity contribution in [2.45, 2.75) is 38.3 Å². The maximum Gasteiger partial charge on any atom is 0.214 e. The van der Waals surface area contributed by atoms with Gasteiger partial charge in [0, 0.05) is 38.4 Å². The summed E-state index contributed by atoms with van der Waals surface area (Å²) in [4.78, 5) is 0. The summed E-state index contributed by atoms with van der Waals surface area (Å²) in [6.45, 7) is 1.39. The molecule has 1 N–H and O–H groups in total. The van der Waals surface area contributed by atoms with Crippen LogP contribution in [0.15, 0.2) is 12.4 Å². The average Bonchev–Trinajstić information content (AvgIpc) is 2.83. The molecule has 1 fully saturated rings. The monoisotopic (exact) mass is 300 g/mol. The molecule has 1 aromatic rings. The van der Waals surface area contributed by atoms with Crippen molar-refractivity contribution in [3.8, 4) is 0 Å². The molecule has 2 heterocycles. The van der Waals surface area contributed by atoms with E-state index in [0.29, 0.717) is 19.0 Å². The lowest BCUT2D eigenvalue weighted by atomic mass is 10.0. The lowest BCUT2D eigenvalue weighted by Gasteiger charge is -2.24. The molecule has 1 aliphatic heterocycles. The Labute approximate surface area is 121 Å². The predicted octanol–water partition coefficient (Wildman–Crippen LogP) is 0.714. The Bertz CT molecular complexity index is 520. The van der Waals surface area contributed by atoms with Gasteiger partial charge in [-0.2, -0.15) is 5.10 Å². The number of aromatic nitrogens is 2. The summed E-state index contributed by atoms with van der Waals surface area (Å²) in [5, 5.41) is 7.44. The molecule has 6 nitrogen and oxygen atoms in total. The normalized spacial score (nSPS) is 20.4. The average molecular weight is 300 g/mol. The topological polar surface area (TPSA) is 67.2 Å². The molecule has 1 unspecified atom stereocenters. The number of sulfonamides is 1. The van der Waals surface area contributed by atoms with Gasteiger partial charge in [0.25, 0.3) is 0 Å². The third kappa shape index (κ3) is 4.29. The third-order valence-corrected chi connectivity index (χ3v) is 5.61. The summed E-state index contributed by atoms with van der Waals surface area (Å²) in [6, 6.07) is 0.352. The fourth-order valence-corrected chi connectivity index (χ4v) is 3.77. The minimum atomic E-state index is -3.19. The van der Waals surface area contributed by atoms with Gasteiger partial charge in [-0.15, -0.1) is 0 Å². The molecule has 1 atom stereocenters. The van der Waals surface area contributed by atoms with Gasteiger partial charge in [-0.05, 0) is 25.8 Å². The molecule has 0 saturated carbocycles. The Morgan fingerprint density at radius 3 is 2.90 bits per heavy atom. The molecular weight excluding hydrogens is 276 g/mol. The van der Waals surface area contributed by atoms with Crippen molar-refractivity contribution in [2.24, 2.45) is 7.05 Å². The zero-order valence-electron chi connectivity index (χ0n) is 12.2. The van der Waals surface area contributed by atoms with Gasteiger partial charge in [0.2, 0.25) is 10.0 Å². The Morgan fingerprint density at radius 1 is 1.50 bits per heavy atom. The standard InChI is InChI=1S/C13H24N4O2S/c1-16-10-12(9-15-16)11-17(2)20(18,19)8-6-13-5-3-4-7-14-13/h9-10,13-14H,3-8,11H2,1-2H3. The predicted molar refractivity (Wildman–Crippen MR) is 78.7 cm³/mol. The van der Waals surface area contributed by atoms with Gasteiger partial charge in [-0.3, -0.25) is 4.68 Å². The van der Waals surface area contributed by atoms with E-state index in [1.54, 1.807) is 17.9 Å². The van der Waals surface area contributed by atoms with Crippen LogP contribution in [0.5, 0.6) is 0 Å². The van der Waals surface area contributed by atoms with E-state index >= 15 is 0 Å². The molecule has 114 valence electrons. The van der Waals surface area contributed by atoms with Gasteiger partial charge in [-0.1, -0.05) is 6.42 Å². The van der Waals surface area contributed by atoms with E-state index in [4.69, 9.17) is 0 Å². The molecule has 1 aromatic heterocycles. The van der Waals surface area contributed by atoms with Gasteiger partial charge in [0.1, 0.15) is 0 Å². The Balaban J connectivity index is 1.85.